The van der Waals surface area contributed by atoms with Gasteiger partial charge in [0, 0.05) is 6.54 Å². The van der Waals surface area contributed by atoms with Crippen LogP contribution in [0, 0.1) is 5.92 Å². The molecule has 0 aromatic heterocycles. The van der Waals surface area contributed by atoms with Crippen LogP contribution in [0.2, 0.25) is 0 Å². The van der Waals surface area contributed by atoms with Crippen LogP contribution in [0.1, 0.15) is 39.2 Å². The zero-order chi connectivity index (χ0) is 14.1. The lowest BCUT2D eigenvalue weighted by Gasteiger charge is -2.29. The SMILES string of the molecule is CC(C)C(C)(O)CNC(=O)C1(c2ccccc2)CC1. The highest BCUT2D eigenvalue weighted by molar-refractivity contribution is 5.91. The molecule has 0 saturated heterocycles. The van der Waals surface area contributed by atoms with Crippen molar-refractivity contribution < 1.29 is 9.90 Å². The second-order valence-corrected chi connectivity index (χ2v) is 6.14. The van der Waals surface area contributed by atoms with Gasteiger partial charge in [-0.25, -0.2) is 0 Å². The van der Waals surface area contributed by atoms with Crippen LogP contribution < -0.4 is 5.32 Å². The molecule has 1 aliphatic rings. The van der Waals surface area contributed by atoms with E-state index in [1.165, 1.54) is 0 Å². The van der Waals surface area contributed by atoms with Gasteiger partial charge in [0.15, 0.2) is 0 Å². The van der Waals surface area contributed by atoms with Crippen molar-refractivity contribution in [2.24, 2.45) is 5.92 Å². The Morgan fingerprint density at radius 1 is 1.37 bits per heavy atom. The third-order valence-electron chi connectivity index (χ3n) is 4.36. The maximum atomic E-state index is 12.4. The van der Waals surface area contributed by atoms with Gasteiger partial charge in [0.2, 0.25) is 5.91 Å². The molecule has 1 saturated carbocycles. The van der Waals surface area contributed by atoms with E-state index in [2.05, 4.69) is 5.32 Å². The molecule has 2 N–H and O–H groups in total. The van der Waals surface area contributed by atoms with Crippen LogP contribution in [0.5, 0.6) is 0 Å². The molecule has 1 amide bonds. The molecule has 1 unspecified atom stereocenters. The van der Waals surface area contributed by atoms with Crippen LogP contribution in [0.25, 0.3) is 0 Å². The molecule has 0 aliphatic heterocycles. The second kappa shape index (κ2) is 4.97. The number of benzene rings is 1. The molecule has 1 aromatic carbocycles. The fraction of sp³-hybridized carbons (Fsp3) is 0.562. The molecule has 0 heterocycles. The summed E-state index contributed by atoms with van der Waals surface area (Å²) in [6.45, 7) is 5.98. The predicted molar refractivity (Wildman–Crippen MR) is 75.8 cm³/mol. The van der Waals surface area contributed by atoms with Gasteiger partial charge in [-0.05, 0) is 31.2 Å². The van der Waals surface area contributed by atoms with Gasteiger partial charge in [-0.3, -0.25) is 4.79 Å². The van der Waals surface area contributed by atoms with Crippen molar-refractivity contribution in [3.8, 4) is 0 Å². The number of carbonyl (C=O) groups is 1. The average Bonchev–Trinajstić information content (AvgIpc) is 3.18. The highest BCUT2D eigenvalue weighted by atomic mass is 16.3. The Balaban J connectivity index is 2.02. The normalized spacial score (nSPS) is 19.8. The van der Waals surface area contributed by atoms with E-state index in [0.29, 0.717) is 6.54 Å². The average molecular weight is 261 g/mol. The Morgan fingerprint density at radius 2 is 1.95 bits per heavy atom. The maximum Gasteiger partial charge on any atom is 0.230 e. The zero-order valence-electron chi connectivity index (χ0n) is 11.9. The fourth-order valence-corrected chi connectivity index (χ4v) is 2.16. The fourth-order valence-electron chi connectivity index (χ4n) is 2.16. The first kappa shape index (κ1) is 14.1. The van der Waals surface area contributed by atoms with E-state index in [9.17, 15) is 9.90 Å². The lowest BCUT2D eigenvalue weighted by molar-refractivity contribution is -0.125. The summed E-state index contributed by atoms with van der Waals surface area (Å²) in [6, 6.07) is 9.90. The topological polar surface area (TPSA) is 49.3 Å². The van der Waals surface area contributed by atoms with Crippen molar-refractivity contribution in [2.45, 2.75) is 44.6 Å². The molecular weight excluding hydrogens is 238 g/mol. The number of hydrogen-bond donors (Lipinski definition) is 2. The van der Waals surface area contributed by atoms with E-state index in [1.54, 1.807) is 6.92 Å². The van der Waals surface area contributed by atoms with Crippen LogP contribution in [-0.2, 0) is 10.2 Å². The van der Waals surface area contributed by atoms with Crippen molar-refractivity contribution in [3.63, 3.8) is 0 Å². The molecule has 3 nitrogen and oxygen atoms in total. The van der Waals surface area contributed by atoms with Crippen molar-refractivity contribution in [3.05, 3.63) is 35.9 Å². The van der Waals surface area contributed by atoms with Gasteiger partial charge < -0.3 is 10.4 Å². The summed E-state index contributed by atoms with van der Waals surface area (Å²) in [7, 11) is 0. The first-order valence-corrected chi connectivity index (χ1v) is 6.95. The summed E-state index contributed by atoms with van der Waals surface area (Å²) in [4.78, 5) is 12.4. The van der Waals surface area contributed by atoms with Crippen LogP contribution in [0.15, 0.2) is 30.3 Å². The largest absolute Gasteiger partial charge is 0.388 e. The molecule has 1 atom stereocenters. The Bertz CT molecular complexity index is 447. The third-order valence-corrected chi connectivity index (χ3v) is 4.36. The zero-order valence-corrected chi connectivity index (χ0v) is 11.9. The van der Waals surface area contributed by atoms with E-state index < -0.39 is 5.60 Å². The highest BCUT2D eigenvalue weighted by Gasteiger charge is 2.51. The number of rotatable bonds is 5. The molecule has 0 bridgehead atoms. The Morgan fingerprint density at radius 3 is 2.42 bits per heavy atom. The standard InChI is InChI=1S/C16H23NO2/c1-12(2)15(3,19)11-17-14(18)16(9-10-16)13-7-5-4-6-8-13/h4-8,12,19H,9-11H2,1-3H3,(H,17,18). The van der Waals surface area contributed by atoms with Crippen LogP contribution in [-0.4, -0.2) is 23.2 Å². The lowest BCUT2D eigenvalue weighted by Crippen LogP contribution is -2.47. The van der Waals surface area contributed by atoms with Crippen molar-refractivity contribution in [1.29, 1.82) is 0 Å². The van der Waals surface area contributed by atoms with Gasteiger partial charge in [0.05, 0.1) is 11.0 Å². The van der Waals surface area contributed by atoms with Crippen LogP contribution in [0.3, 0.4) is 0 Å². The molecule has 0 spiro atoms. The minimum Gasteiger partial charge on any atom is -0.388 e. The van der Waals surface area contributed by atoms with Crippen molar-refractivity contribution in [1.82, 2.24) is 5.32 Å². The molecule has 2 rings (SSSR count). The van der Waals surface area contributed by atoms with Gasteiger partial charge in [0.1, 0.15) is 0 Å². The quantitative estimate of drug-likeness (QED) is 0.854. The monoisotopic (exact) mass is 261 g/mol. The minimum atomic E-state index is -0.859. The number of carbonyl (C=O) groups excluding carboxylic acids is 1. The first-order valence-electron chi connectivity index (χ1n) is 6.95. The molecule has 19 heavy (non-hydrogen) atoms. The summed E-state index contributed by atoms with van der Waals surface area (Å²) in [5.41, 5.74) is -0.131. The summed E-state index contributed by atoms with van der Waals surface area (Å²) in [6.07, 6.45) is 1.79. The molecule has 1 aromatic rings. The van der Waals surface area contributed by atoms with E-state index >= 15 is 0 Å². The van der Waals surface area contributed by atoms with E-state index in [-0.39, 0.29) is 17.2 Å². The summed E-state index contributed by atoms with van der Waals surface area (Å²) >= 11 is 0. The molecule has 0 radical (unpaired) electrons. The lowest BCUT2D eigenvalue weighted by atomic mass is 9.91. The third kappa shape index (κ3) is 2.81. The minimum absolute atomic E-state index is 0.0413. The Labute approximate surface area is 115 Å². The highest BCUT2D eigenvalue weighted by Crippen LogP contribution is 2.48. The summed E-state index contributed by atoms with van der Waals surface area (Å²) < 4.78 is 0. The Hall–Kier alpha value is -1.35. The van der Waals surface area contributed by atoms with Crippen LogP contribution >= 0.6 is 0 Å². The first-order chi connectivity index (χ1) is 8.88. The molecule has 3 heteroatoms. The maximum absolute atomic E-state index is 12.4. The van der Waals surface area contributed by atoms with E-state index in [1.807, 2.05) is 44.2 Å². The molecule has 104 valence electrons. The van der Waals surface area contributed by atoms with E-state index in [0.717, 1.165) is 18.4 Å². The Kier molecular flexibility index (Phi) is 3.68. The summed E-state index contributed by atoms with van der Waals surface area (Å²) in [5.74, 6) is 0.152. The van der Waals surface area contributed by atoms with Gasteiger partial charge >= 0.3 is 0 Å². The van der Waals surface area contributed by atoms with Gasteiger partial charge in [-0.2, -0.15) is 0 Å². The second-order valence-electron chi connectivity index (χ2n) is 6.14. The molecule has 1 aliphatic carbocycles. The van der Waals surface area contributed by atoms with Gasteiger partial charge in [0.25, 0.3) is 0 Å². The predicted octanol–water partition coefficient (Wildman–Crippen LogP) is 2.24. The molecular formula is C16H23NO2. The van der Waals surface area contributed by atoms with Crippen LogP contribution in [0.4, 0.5) is 0 Å². The van der Waals surface area contributed by atoms with Gasteiger partial charge in [-0.15, -0.1) is 0 Å². The number of hydrogen-bond acceptors (Lipinski definition) is 2. The van der Waals surface area contributed by atoms with Crippen molar-refractivity contribution in [2.75, 3.05) is 6.54 Å². The number of aliphatic hydroxyl groups is 1. The van der Waals surface area contributed by atoms with Crippen molar-refractivity contribution >= 4 is 5.91 Å². The van der Waals surface area contributed by atoms with Gasteiger partial charge in [-0.1, -0.05) is 44.2 Å². The smallest absolute Gasteiger partial charge is 0.230 e. The number of amides is 1. The molecule has 1 fully saturated rings. The van der Waals surface area contributed by atoms with E-state index in [4.69, 9.17) is 0 Å². The summed E-state index contributed by atoms with van der Waals surface area (Å²) in [5, 5.41) is 13.1. The number of nitrogens with one attached hydrogen (secondary N) is 1.